The first-order chi connectivity index (χ1) is 10.4. The summed E-state index contributed by atoms with van der Waals surface area (Å²) < 4.78 is 11.5. The van der Waals surface area contributed by atoms with Crippen molar-refractivity contribution in [2.45, 2.75) is 38.4 Å². The smallest absolute Gasteiger partial charge is 0.323 e. The average molecular weight is 348 g/mol. The number of carboxylic acid groups (broad SMARTS) is 1. The second-order valence-electron chi connectivity index (χ2n) is 5.41. The van der Waals surface area contributed by atoms with Crippen LogP contribution in [0.2, 0.25) is 10.0 Å². The lowest BCUT2D eigenvalue weighted by Gasteiger charge is -2.22. The third kappa shape index (κ3) is 4.12. The minimum Gasteiger partial charge on any atom is -0.480 e. The summed E-state index contributed by atoms with van der Waals surface area (Å²) in [6.07, 6.45) is -0.191. The average Bonchev–Trinajstić information content (AvgIpc) is 2.82. The summed E-state index contributed by atoms with van der Waals surface area (Å²) in [5.41, 5.74) is 0.887. The Morgan fingerprint density at radius 3 is 2.82 bits per heavy atom. The molecule has 5 nitrogen and oxygen atoms in total. The Morgan fingerprint density at radius 2 is 2.23 bits per heavy atom. The van der Waals surface area contributed by atoms with Gasteiger partial charge in [-0.3, -0.25) is 4.79 Å². The van der Waals surface area contributed by atoms with Crippen LogP contribution in [0.3, 0.4) is 0 Å². The van der Waals surface area contributed by atoms with Crippen LogP contribution in [0.5, 0.6) is 0 Å². The van der Waals surface area contributed by atoms with Gasteiger partial charge in [-0.05, 0) is 30.7 Å². The third-order valence-corrected chi connectivity index (χ3v) is 4.50. The predicted octanol–water partition coefficient (Wildman–Crippen LogP) is 2.93. The molecule has 0 aliphatic carbocycles. The maximum absolute atomic E-state index is 11.2. The number of hydrogen-bond acceptors (Lipinski definition) is 4. The molecule has 7 heteroatoms. The summed E-state index contributed by atoms with van der Waals surface area (Å²) in [5, 5.41) is 12.9. The van der Waals surface area contributed by atoms with Gasteiger partial charge in [0.15, 0.2) is 6.29 Å². The van der Waals surface area contributed by atoms with Crippen LogP contribution >= 0.6 is 23.2 Å². The number of carboxylic acids is 1. The highest BCUT2D eigenvalue weighted by molar-refractivity contribution is 6.42. The van der Waals surface area contributed by atoms with Crippen molar-refractivity contribution in [3.8, 4) is 0 Å². The number of hydrogen-bond donors (Lipinski definition) is 2. The van der Waals surface area contributed by atoms with E-state index in [0.717, 1.165) is 5.56 Å². The van der Waals surface area contributed by atoms with Crippen molar-refractivity contribution >= 4 is 29.2 Å². The van der Waals surface area contributed by atoms with E-state index in [1.807, 2.05) is 13.0 Å². The van der Waals surface area contributed by atoms with Crippen molar-refractivity contribution in [2.75, 3.05) is 7.05 Å². The van der Waals surface area contributed by atoms with E-state index in [0.29, 0.717) is 23.1 Å². The first kappa shape index (κ1) is 17.5. The zero-order chi connectivity index (χ0) is 16.3. The molecule has 122 valence electrons. The molecule has 1 saturated heterocycles. The van der Waals surface area contributed by atoms with Crippen molar-refractivity contribution in [1.29, 1.82) is 0 Å². The summed E-state index contributed by atoms with van der Waals surface area (Å²) in [6, 6.07) is 4.55. The summed E-state index contributed by atoms with van der Waals surface area (Å²) in [6.45, 7) is 2.29. The topological polar surface area (TPSA) is 67.8 Å². The number of ether oxygens (including phenoxy) is 2. The molecular weight excluding hydrogens is 329 g/mol. The van der Waals surface area contributed by atoms with Crippen molar-refractivity contribution < 1.29 is 19.4 Å². The van der Waals surface area contributed by atoms with Gasteiger partial charge in [0, 0.05) is 6.42 Å². The van der Waals surface area contributed by atoms with Gasteiger partial charge >= 0.3 is 5.97 Å². The fourth-order valence-electron chi connectivity index (χ4n) is 2.56. The van der Waals surface area contributed by atoms with E-state index >= 15 is 0 Å². The zero-order valence-corrected chi connectivity index (χ0v) is 13.9. The standard InChI is InChI=1S/C15H19Cl2NO4/c1-8-5-12(22-14(8)13(18-2)15(19)20)21-7-9-3-4-10(16)11(17)6-9/h3-4,6,8,12-14,18H,5,7H2,1-2H3,(H,19,20)/t8-,12?,13?,14-/m1/s1. The minimum atomic E-state index is -0.926. The molecule has 0 bridgehead atoms. The van der Waals surface area contributed by atoms with Crippen molar-refractivity contribution in [3.05, 3.63) is 33.8 Å². The van der Waals surface area contributed by atoms with Crippen molar-refractivity contribution in [3.63, 3.8) is 0 Å². The Morgan fingerprint density at radius 1 is 1.50 bits per heavy atom. The van der Waals surface area contributed by atoms with Gasteiger partial charge in [0.05, 0.1) is 22.8 Å². The largest absolute Gasteiger partial charge is 0.480 e. The summed E-state index contributed by atoms with van der Waals surface area (Å²) in [5.74, 6) is -0.836. The molecule has 1 fully saturated rings. The van der Waals surface area contributed by atoms with Gasteiger partial charge in [0.1, 0.15) is 6.04 Å². The first-order valence-electron chi connectivity index (χ1n) is 7.03. The fourth-order valence-corrected chi connectivity index (χ4v) is 2.88. The number of aliphatic carboxylic acids is 1. The second kappa shape index (κ2) is 7.62. The lowest BCUT2D eigenvalue weighted by Crippen LogP contribution is -2.46. The van der Waals surface area contributed by atoms with E-state index in [2.05, 4.69) is 5.32 Å². The first-order valence-corrected chi connectivity index (χ1v) is 7.79. The van der Waals surface area contributed by atoms with E-state index in [1.54, 1.807) is 19.2 Å². The molecule has 4 atom stereocenters. The van der Waals surface area contributed by atoms with Crippen LogP contribution in [0.15, 0.2) is 18.2 Å². The molecule has 1 heterocycles. The van der Waals surface area contributed by atoms with Gasteiger partial charge in [-0.25, -0.2) is 0 Å². The molecule has 0 saturated carbocycles. The van der Waals surface area contributed by atoms with Crippen molar-refractivity contribution in [1.82, 2.24) is 5.32 Å². The molecule has 1 aromatic carbocycles. The predicted molar refractivity (Wildman–Crippen MR) is 84.2 cm³/mol. The number of carbonyl (C=O) groups is 1. The Balaban J connectivity index is 1.92. The Kier molecular flexibility index (Phi) is 6.06. The van der Waals surface area contributed by atoms with Crippen LogP contribution in [0.4, 0.5) is 0 Å². The molecular formula is C15H19Cl2NO4. The number of nitrogens with one attached hydrogen (secondary N) is 1. The highest BCUT2D eigenvalue weighted by Crippen LogP contribution is 2.30. The van der Waals surface area contributed by atoms with Crippen LogP contribution in [0, 0.1) is 5.92 Å². The van der Waals surface area contributed by atoms with E-state index in [-0.39, 0.29) is 5.92 Å². The van der Waals surface area contributed by atoms with Crippen LogP contribution < -0.4 is 5.32 Å². The molecule has 2 rings (SSSR count). The molecule has 1 aromatic rings. The normalized spacial score (nSPS) is 26.1. The summed E-state index contributed by atoms with van der Waals surface area (Å²) in [4.78, 5) is 11.2. The van der Waals surface area contributed by atoms with Gasteiger partial charge in [0.2, 0.25) is 0 Å². The van der Waals surface area contributed by atoms with Crippen molar-refractivity contribution in [2.24, 2.45) is 5.92 Å². The van der Waals surface area contributed by atoms with Gasteiger partial charge in [-0.2, -0.15) is 0 Å². The van der Waals surface area contributed by atoms with Gasteiger partial charge in [-0.15, -0.1) is 0 Å². The van der Waals surface area contributed by atoms with Gasteiger partial charge in [0.25, 0.3) is 0 Å². The fraction of sp³-hybridized carbons (Fsp3) is 0.533. The molecule has 2 unspecified atom stereocenters. The summed E-state index contributed by atoms with van der Waals surface area (Å²) in [7, 11) is 1.61. The van der Waals surface area contributed by atoms with E-state index in [9.17, 15) is 9.90 Å². The van der Waals surface area contributed by atoms with Gasteiger partial charge < -0.3 is 19.9 Å². The van der Waals surface area contributed by atoms with Crippen LogP contribution in [0.25, 0.3) is 0 Å². The number of rotatable bonds is 6. The lowest BCUT2D eigenvalue weighted by atomic mass is 9.97. The quantitative estimate of drug-likeness (QED) is 0.827. The van der Waals surface area contributed by atoms with E-state index < -0.39 is 24.4 Å². The molecule has 22 heavy (non-hydrogen) atoms. The third-order valence-electron chi connectivity index (χ3n) is 3.76. The van der Waals surface area contributed by atoms with E-state index in [1.165, 1.54) is 0 Å². The Labute approximate surface area is 139 Å². The maximum atomic E-state index is 11.2. The number of likely N-dealkylation sites (N-methyl/N-ethyl adjacent to an activating group) is 1. The summed E-state index contributed by atoms with van der Waals surface area (Å²) >= 11 is 11.8. The SMILES string of the molecule is CNC(C(=O)O)[C@@H]1OC(OCc2ccc(Cl)c(Cl)c2)C[C@H]1C. The molecule has 0 spiro atoms. The maximum Gasteiger partial charge on any atom is 0.323 e. The second-order valence-corrected chi connectivity index (χ2v) is 6.22. The lowest BCUT2D eigenvalue weighted by molar-refractivity contribution is -0.160. The molecule has 2 N–H and O–H groups in total. The Hall–Kier alpha value is -0.850. The molecule has 1 aliphatic rings. The Bertz CT molecular complexity index is 540. The van der Waals surface area contributed by atoms with Crippen LogP contribution in [0.1, 0.15) is 18.9 Å². The highest BCUT2D eigenvalue weighted by atomic mass is 35.5. The number of halogens is 2. The molecule has 1 aliphatic heterocycles. The van der Waals surface area contributed by atoms with Gasteiger partial charge in [-0.1, -0.05) is 36.2 Å². The number of benzene rings is 1. The molecule has 0 aromatic heterocycles. The minimum absolute atomic E-state index is 0.0901. The molecule has 0 radical (unpaired) electrons. The van der Waals surface area contributed by atoms with E-state index in [4.69, 9.17) is 32.7 Å². The molecule has 0 amide bonds. The monoisotopic (exact) mass is 347 g/mol. The van der Waals surface area contributed by atoms with Crippen LogP contribution in [-0.2, 0) is 20.9 Å². The van der Waals surface area contributed by atoms with Crippen LogP contribution in [-0.4, -0.2) is 36.6 Å². The zero-order valence-electron chi connectivity index (χ0n) is 12.4. The highest BCUT2D eigenvalue weighted by Gasteiger charge is 2.40.